The Kier molecular flexibility index (Phi) is 6.45. The molecule has 1 rings (SSSR count). The zero-order valence-corrected chi connectivity index (χ0v) is 13.7. The van der Waals surface area contributed by atoms with E-state index in [4.69, 9.17) is 10.3 Å². The second kappa shape index (κ2) is 6.68. The molecule has 1 aromatic heterocycles. The molecule has 19 heavy (non-hydrogen) atoms. The molecular weight excluding hydrogens is 264 g/mol. The fourth-order valence-corrected chi connectivity index (χ4v) is 1.71. The molecule has 5 nitrogen and oxygen atoms in total. The largest absolute Gasteiger partial charge is 0.338 e. The van der Waals surface area contributed by atoms with Crippen LogP contribution < -0.4 is 5.73 Å². The minimum absolute atomic E-state index is 0. The van der Waals surface area contributed by atoms with Gasteiger partial charge in [0, 0.05) is 12.0 Å². The van der Waals surface area contributed by atoms with Gasteiger partial charge in [0.05, 0.1) is 6.54 Å². The van der Waals surface area contributed by atoms with E-state index in [1.54, 1.807) is 0 Å². The highest BCUT2D eigenvalue weighted by molar-refractivity contribution is 5.85. The molecule has 0 saturated heterocycles. The van der Waals surface area contributed by atoms with Crippen LogP contribution in [0.5, 0.6) is 0 Å². The molecule has 0 amide bonds. The summed E-state index contributed by atoms with van der Waals surface area (Å²) in [5.41, 5.74) is 5.76. The van der Waals surface area contributed by atoms with Crippen molar-refractivity contribution < 1.29 is 4.52 Å². The lowest BCUT2D eigenvalue weighted by Crippen LogP contribution is -2.36. The first-order valence-electron chi connectivity index (χ1n) is 6.36. The average molecular weight is 291 g/mol. The molecule has 0 aliphatic carbocycles. The van der Waals surface area contributed by atoms with Gasteiger partial charge in [-0.15, -0.1) is 12.4 Å². The summed E-state index contributed by atoms with van der Waals surface area (Å²) < 4.78 is 5.28. The van der Waals surface area contributed by atoms with Crippen molar-refractivity contribution in [1.29, 1.82) is 0 Å². The SMILES string of the molecule is CN(Cc1nc(C(C)(C)C)no1)CC(C)(C)CN.Cl. The third-order valence-corrected chi connectivity index (χ3v) is 2.79. The monoisotopic (exact) mass is 290 g/mol. The first kappa shape index (κ1) is 18.4. The Labute approximate surface area is 122 Å². The van der Waals surface area contributed by atoms with E-state index in [1.165, 1.54) is 0 Å². The molecular formula is C13H27ClN4O. The van der Waals surface area contributed by atoms with Gasteiger partial charge in [0.2, 0.25) is 5.89 Å². The van der Waals surface area contributed by atoms with Gasteiger partial charge in [-0.25, -0.2) is 0 Å². The van der Waals surface area contributed by atoms with Crippen LogP contribution in [0.2, 0.25) is 0 Å². The molecule has 0 bridgehead atoms. The van der Waals surface area contributed by atoms with E-state index >= 15 is 0 Å². The third kappa shape index (κ3) is 5.89. The molecule has 0 spiro atoms. The second-order valence-corrected chi connectivity index (χ2v) is 6.80. The normalized spacial score (nSPS) is 12.6. The number of halogens is 1. The third-order valence-electron chi connectivity index (χ3n) is 2.79. The number of hydrogen-bond acceptors (Lipinski definition) is 5. The average Bonchev–Trinajstić information content (AvgIpc) is 2.64. The highest BCUT2D eigenvalue weighted by Gasteiger charge is 2.23. The van der Waals surface area contributed by atoms with E-state index in [0.29, 0.717) is 19.0 Å². The maximum atomic E-state index is 5.73. The van der Waals surface area contributed by atoms with Gasteiger partial charge in [0.25, 0.3) is 0 Å². The Bertz CT molecular complexity index is 384. The molecule has 0 radical (unpaired) electrons. The fourth-order valence-electron chi connectivity index (χ4n) is 1.71. The van der Waals surface area contributed by atoms with Crippen LogP contribution in [-0.2, 0) is 12.0 Å². The van der Waals surface area contributed by atoms with Gasteiger partial charge in [-0.3, -0.25) is 4.90 Å². The van der Waals surface area contributed by atoms with Crippen molar-refractivity contribution in [2.45, 2.75) is 46.6 Å². The molecule has 0 aliphatic rings. The summed E-state index contributed by atoms with van der Waals surface area (Å²) in [6.07, 6.45) is 0. The van der Waals surface area contributed by atoms with Gasteiger partial charge in [0.15, 0.2) is 5.82 Å². The summed E-state index contributed by atoms with van der Waals surface area (Å²) in [6.45, 7) is 12.7. The predicted molar refractivity (Wildman–Crippen MR) is 79.4 cm³/mol. The quantitative estimate of drug-likeness (QED) is 0.900. The van der Waals surface area contributed by atoms with Crippen LogP contribution >= 0.6 is 12.4 Å². The van der Waals surface area contributed by atoms with Crippen LogP contribution in [0.1, 0.15) is 46.3 Å². The highest BCUT2D eigenvalue weighted by atomic mass is 35.5. The summed E-state index contributed by atoms with van der Waals surface area (Å²) >= 11 is 0. The van der Waals surface area contributed by atoms with E-state index in [1.807, 2.05) is 7.05 Å². The number of rotatable bonds is 5. The van der Waals surface area contributed by atoms with E-state index < -0.39 is 0 Å². The van der Waals surface area contributed by atoms with E-state index in [0.717, 1.165) is 12.4 Å². The van der Waals surface area contributed by atoms with Gasteiger partial charge in [0.1, 0.15) is 0 Å². The Morgan fingerprint density at radius 2 is 1.79 bits per heavy atom. The van der Waals surface area contributed by atoms with E-state index in [-0.39, 0.29) is 23.2 Å². The zero-order chi connectivity index (χ0) is 14.0. The van der Waals surface area contributed by atoms with Crippen molar-refractivity contribution >= 4 is 12.4 Å². The summed E-state index contributed by atoms with van der Waals surface area (Å²) in [5.74, 6) is 1.42. The maximum Gasteiger partial charge on any atom is 0.240 e. The van der Waals surface area contributed by atoms with Crippen LogP contribution in [-0.4, -0.2) is 35.2 Å². The lowest BCUT2D eigenvalue weighted by Gasteiger charge is -2.27. The Balaban J connectivity index is 0.00000324. The highest BCUT2D eigenvalue weighted by Crippen LogP contribution is 2.19. The van der Waals surface area contributed by atoms with Gasteiger partial charge < -0.3 is 10.3 Å². The minimum Gasteiger partial charge on any atom is -0.338 e. The molecule has 1 aromatic rings. The van der Waals surface area contributed by atoms with Crippen molar-refractivity contribution in [3.8, 4) is 0 Å². The lowest BCUT2D eigenvalue weighted by molar-refractivity contribution is 0.189. The van der Waals surface area contributed by atoms with Crippen LogP contribution in [0, 0.1) is 5.41 Å². The van der Waals surface area contributed by atoms with Crippen molar-refractivity contribution in [3.63, 3.8) is 0 Å². The first-order chi connectivity index (χ1) is 8.14. The number of nitrogens with zero attached hydrogens (tertiary/aromatic N) is 3. The molecule has 0 saturated carbocycles. The molecule has 0 aromatic carbocycles. The molecule has 6 heteroatoms. The Hall–Kier alpha value is -0.650. The van der Waals surface area contributed by atoms with Crippen molar-refractivity contribution in [1.82, 2.24) is 15.0 Å². The van der Waals surface area contributed by atoms with Crippen LogP contribution in [0.15, 0.2) is 4.52 Å². The second-order valence-electron chi connectivity index (χ2n) is 6.80. The van der Waals surface area contributed by atoms with Crippen molar-refractivity contribution in [3.05, 3.63) is 11.7 Å². The van der Waals surface area contributed by atoms with E-state index in [2.05, 4.69) is 49.7 Å². The standard InChI is InChI=1S/C13H26N4O.ClH/c1-12(2,3)11-15-10(18-16-11)7-17(6)9-13(4,5)8-14;/h7-9,14H2,1-6H3;1H. The lowest BCUT2D eigenvalue weighted by atomic mass is 9.93. The van der Waals surface area contributed by atoms with Gasteiger partial charge in [-0.2, -0.15) is 4.98 Å². The zero-order valence-electron chi connectivity index (χ0n) is 12.9. The molecule has 1 heterocycles. The summed E-state index contributed by atoms with van der Waals surface area (Å²) in [6, 6.07) is 0. The number of nitrogens with two attached hydrogens (primary N) is 1. The molecule has 0 unspecified atom stereocenters. The van der Waals surface area contributed by atoms with Gasteiger partial charge in [-0.1, -0.05) is 39.8 Å². The Morgan fingerprint density at radius 1 is 1.21 bits per heavy atom. The molecule has 0 fully saturated rings. The predicted octanol–water partition coefficient (Wildman–Crippen LogP) is 2.21. The summed E-state index contributed by atoms with van der Waals surface area (Å²) in [7, 11) is 2.04. The van der Waals surface area contributed by atoms with Crippen LogP contribution in [0.3, 0.4) is 0 Å². The van der Waals surface area contributed by atoms with Gasteiger partial charge >= 0.3 is 0 Å². The number of hydrogen-bond donors (Lipinski definition) is 1. The number of aromatic nitrogens is 2. The van der Waals surface area contributed by atoms with Gasteiger partial charge in [-0.05, 0) is 19.0 Å². The smallest absolute Gasteiger partial charge is 0.240 e. The first-order valence-corrected chi connectivity index (χ1v) is 6.36. The molecule has 2 N–H and O–H groups in total. The van der Waals surface area contributed by atoms with Crippen LogP contribution in [0.25, 0.3) is 0 Å². The summed E-state index contributed by atoms with van der Waals surface area (Å²) in [5, 5.41) is 4.02. The van der Waals surface area contributed by atoms with Crippen LogP contribution in [0.4, 0.5) is 0 Å². The topological polar surface area (TPSA) is 68.2 Å². The molecule has 112 valence electrons. The van der Waals surface area contributed by atoms with Crippen molar-refractivity contribution in [2.24, 2.45) is 11.1 Å². The maximum absolute atomic E-state index is 5.73. The van der Waals surface area contributed by atoms with Crippen molar-refractivity contribution in [2.75, 3.05) is 20.1 Å². The minimum atomic E-state index is -0.0726. The molecule has 0 atom stereocenters. The summed E-state index contributed by atoms with van der Waals surface area (Å²) in [4.78, 5) is 6.59. The molecule has 0 aliphatic heterocycles. The van der Waals surface area contributed by atoms with E-state index in [9.17, 15) is 0 Å². The Morgan fingerprint density at radius 3 is 2.21 bits per heavy atom. The fraction of sp³-hybridized carbons (Fsp3) is 0.846.